The van der Waals surface area contributed by atoms with Crippen molar-refractivity contribution in [1.29, 1.82) is 0 Å². The molecule has 2 rings (SSSR count). The van der Waals surface area contributed by atoms with Crippen LogP contribution in [0, 0.1) is 0 Å². The molecule has 1 aromatic rings. The van der Waals surface area contributed by atoms with Crippen LogP contribution in [0.15, 0.2) is 35.3 Å². The van der Waals surface area contributed by atoms with E-state index in [-0.39, 0.29) is 29.6 Å². The molecule has 0 aliphatic carbocycles. The number of rotatable bonds is 8. The second kappa shape index (κ2) is 12.5. The van der Waals surface area contributed by atoms with Gasteiger partial charge in [0.15, 0.2) is 5.96 Å². The molecule has 1 aromatic carbocycles. The molecule has 6 nitrogen and oxygen atoms in total. The summed E-state index contributed by atoms with van der Waals surface area (Å²) in [6.45, 7) is 15.2. The molecule has 0 aromatic heterocycles. The second-order valence-electron chi connectivity index (χ2n) is 7.75. The number of anilines is 1. The molecule has 1 aliphatic rings. The van der Waals surface area contributed by atoms with Gasteiger partial charge in [-0.15, -0.1) is 24.0 Å². The molecule has 0 saturated carbocycles. The van der Waals surface area contributed by atoms with Crippen LogP contribution in [0.1, 0.15) is 27.7 Å². The number of nitrogens with one attached hydrogen (secondary N) is 2. The number of hydrogen-bond acceptors (Lipinski definition) is 4. The molecule has 160 valence electrons. The molecule has 1 saturated heterocycles. The highest BCUT2D eigenvalue weighted by Crippen LogP contribution is 2.16. The number of halogens is 1. The third-order valence-corrected chi connectivity index (χ3v) is 5.14. The molecule has 1 aliphatic heterocycles. The van der Waals surface area contributed by atoms with Gasteiger partial charge in [-0.05, 0) is 39.8 Å². The van der Waals surface area contributed by atoms with Crippen LogP contribution in [-0.4, -0.2) is 75.4 Å². The Balaban J connectivity index is 0.00000392. The van der Waals surface area contributed by atoms with E-state index in [4.69, 9.17) is 4.74 Å². The van der Waals surface area contributed by atoms with E-state index in [2.05, 4.69) is 83.5 Å². The van der Waals surface area contributed by atoms with Crippen molar-refractivity contribution < 1.29 is 4.74 Å². The van der Waals surface area contributed by atoms with Gasteiger partial charge in [-0.3, -0.25) is 9.89 Å². The minimum absolute atomic E-state index is 0. The summed E-state index contributed by atoms with van der Waals surface area (Å²) in [4.78, 5) is 9.69. The molecule has 28 heavy (non-hydrogen) atoms. The van der Waals surface area contributed by atoms with Crippen molar-refractivity contribution >= 4 is 35.6 Å². The van der Waals surface area contributed by atoms with Crippen molar-refractivity contribution in [1.82, 2.24) is 15.5 Å². The average molecular weight is 503 g/mol. The van der Waals surface area contributed by atoms with Crippen molar-refractivity contribution in [2.45, 2.75) is 39.3 Å². The summed E-state index contributed by atoms with van der Waals surface area (Å²) in [5, 5.41) is 6.81. The fraction of sp³-hybridized carbons (Fsp3) is 0.667. The number of benzene rings is 1. The lowest BCUT2D eigenvalue weighted by atomic mass is 10.1. The van der Waals surface area contributed by atoms with E-state index in [1.807, 2.05) is 0 Å². The van der Waals surface area contributed by atoms with Gasteiger partial charge in [-0.2, -0.15) is 0 Å². The molecule has 2 N–H and O–H groups in total. The van der Waals surface area contributed by atoms with Gasteiger partial charge in [0.05, 0.1) is 12.1 Å². The summed E-state index contributed by atoms with van der Waals surface area (Å²) in [6, 6.07) is 11.1. The average Bonchev–Trinajstić information content (AvgIpc) is 2.70. The maximum atomic E-state index is 5.46. The number of aliphatic imine (C=N–C) groups is 1. The highest BCUT2D eigenvalue weighted by molar-refractivity contribution is 14.0. The van der Waals surface area contributed by atoms with Crippen LogP contribution in [0.5, 0.6) is 0 Å². The molecule has 1 heterocycles. The number of methoxy groups -OCH3 is 1. The Morgan fingerprint density at radius 3 is 2.36 bits per heavy atom. The van der Waals surface area contributed by atoms with E-state index < -0.39 is 0 Å². The third-order valence-electron chi connectivity index (χ3n) is 5.14. The first-order chi connectivity index (χ1) is 12.9. The smallest absolute Gasteiger partial charge is 0.191 e. The highest BCUT2D eigenvalue weighted by Gasteiger charge is 2.21. The van der Waals surface area contributed by atoms with Crippen molar-refractivity contribution in [2.75, 3.05) is 57.8 Å². The Morgan fingerprint density at radius 1 is 1.14 bits per heavy atom. The number of guanidine groups is 1. The lowest BCUT2D eigenvalue weighted by molar-refractivity contribution is 0.0310. The van der Waals surface area contributed by atoms with Crippen LogP contribution < -0.4 is 15.5 Å². The van der Waals surface area contributed by atoms with E-state index in [1.165, 1.54) is 5.69 Å². The van der Waals surface area contributed by atoms with Crippen LogP contribution in [0.25, 0.3) is 0 Å². The molecule has 1 unspecified atom stereocenters. The van der Waals surface area contributed by atoms with E-state index in [1.54, 1.807) is 7.11 Å². The van der Waals surface area contributed by atoms with Crippen LogP contribution in [0.2, 0.25) is 0 Å². The Kier molecular flexibility index (Phi) is 11.1. The monoisotopic (exact) mass is 503 g/mol. The van der Waals surface area contributed by atoms with E-state index >= 15 is 0 Å². The minimum atomic E-state index is -0.248. The third kappa shape index (κ3) is 8.13. The quantitative estimate of drug-likeness (QED) is 0.325. The Morgan fingerprint density at radius 2 is 1.79 bits per heavy atom. The van der Waals surface area contributed by atoms with E-state index in [0.717, 1.165) is 45.2 Å². The number of nitrogens with zero attached hydrogens (tertiary/aromatic N) is 3. The van der Waals surface area contributed by atoms with Gasteiger partial charge in [0.25, 0.3) is 0 Å². The zero-order chi connectivity index (χ0) is 19.7. The molecule has 1 atom stereocenters. The maximum absolute atomic E-state index is 5.46. The number of ether oxygens (including phenoxy) is 1. The van der Waals surface area contributed by atoms with Crippen molar-refractivity contribution in [3.05, 3.63) is 30.3 Å². The minimum Gasteiger partial charge on any atom is -0.377 e. The predicted molar refractivity (Wildman–Crippen MR) is 130 cm³/mol. The van der Waals surface area contributed by atoms with Gasteiger partial charge in [-0.25, -0.2) is 0 Å². The van der Waals surface area contributed by atoms with Crippen molar-refractivity contribution in [3.63, 3.8) is 0 Å². The zero-order valence-electron chi connectivity index (χ0n) is 18.1. The standard InChI is InChI=1S/C21H37N5O.HI/c1-6-22-20(24-17-21(3,4)27-5)23-16-18(2)25-12-14-26(15-13-25)19-10-8-7-9-11-19;/h7-11,18H,6,12-17H2,1-5H3,(H2,22,23,24);1H. The SMILES string of the molecule is CCNC(=NCC(C)(C)OC)NCC(C)N1CCN(c2ccccc2)CC1.I. The number of piperazine rings is 1. The highest BCUT2D eigenvalue weighted by atomic mass is 127. The van der Waals surface area contributed by atoms with Crippen LogP contribution in [0.4, 0.5) is 5.69 Å². The van der Waals surface area contributed by atoms with Gasteiger partial charge in [0.2, 0.25) is 0 Å². The fourth-order valence-electron chi connectivity index (χ4n) is 3.11. The van der Waals surface area contributed by atoms with Crippen LogP contribution in [0.3, 0.4) is 0 Å². The Bertz CT molecular complexity index is 573. The summed E-state index contributed by atoms with van der Waals surface area (Å²) >= 11 is 0. The molecule has 0 bridgehead atoms. The molecular weight excluding hydrogens is 465 g/mol. The first-order valence-electron chi connectivity index (χ1n) is 10.1. The summed E-state index contributed by atoms with van der Waals surface area (Å²) in [5.74, 6) is 0.859. The Labute approximate surface area is 188 Å². The zero-order valence-corrected chi connectivity index (χ0v) is 20.4. The summed E-state index contributed by atoms with van der Waals surface area (Å²) in [6.07, 6.45) is 0. The summed E-state index contributed by atoms with van der Waals surface area (Å²) in [5.41, 5.74) is 1.08. The molecule has 0 amide bonds. The van der Waals surface area contributed by atoms with Crippen molar-refractivity contribution in [3.8, 4) is 0 Å². The molecule has 0 spiro atoms. The fourth-order valence-corrected chi connectivity index (χ4v) is 3.11. The largest absolute Gasteiger partial charge is 0.377 e. The maximum Gasteiger partial charge on any atom is 0.191 e. The molecule has 0 radical (unpaired) electrons. The molecule has 7 heteroatoms. The molecular formula is C21H38IN5O. The van der Waals surface area contributed by atoms with Crippen LogP contribution in [-0.2, 0) is 4.74 Å². The van der Waals surface area contributed by atoms with Gasteiger partial charge in [0.1, 0.15) is 0 Å². The lowest BCUT2D eigenvalue weighted by Gasteiger charge is -2.39. The van der Waals surface area contributed by atoms with Gasteiger partial charge < -0.3 is 20.3 Å². The summed E-state index contributed by atoms with van der Waals surface area (Å²) < 4.78 is 5.46. The van der Waals surface area contributed by atoms with Gasteiger partial charge in [-0.1, -0.05) is 18.2 Å². The number of hydrogen-bond donors (Lipinski definition) is 2. The van der Waals surface area contributed by atoms with Crippen LogP contribution >= 0.6 is 24.0 Å². The van der Waals surface area contributed by atoms with Gasteiger partial charge >= 0.3 is 0 Å². The van der Waals surface area contributed by atoms with Gasteiger partial charge in [0, 0.05) is 58.1 Å². The Hall–Kier alpha value is -1.06. The number of para-hydroxylation sites is 1. The van der Waals surface area contributed by atoms with E-state index in [0.29, 0.717) is 12.6 Å². The first-order valence-corrected chi connectivity index (χ1v) is 10.1. The van der Waals surface area contributed by atoms with E-state index in [9.17, 15) is 0 Å². The lowest BCUT2D eigenvalue weighted by Crippen LogP contribution is -2.53. The van der Waals surface area contributed by atoms with Crippen molar-refractivity contribution in [2.24, 2.45) is 4.99 Å². The first kappa shape index (κ1) is 25.0. The normalized spacial score (nSPS) is 17.0. The summed E-state index contributed by atoms with van der Waals surface area (Å²) in [7, 11) is 1.73. The topological polar surface area (TPSA) is 52.1 Å². The molecule has 1 fully saturated rings. The second-order valence-corrected chi connectivity index (χ2v) is 7.75. The predicted octanol–water partition coefficient (Wildman–Crippen LogP) is 2.80.